The molecule has 0 amide bonds. The van der Waals surface area contributed by atoms with Crippen LogP contribution in [0.2, 0.25) is 5.02 Å². The maximum atomic E-state index is 11.0. The highest BCUT2D eigenvalue weighted by atomic mass is 35.5. The van der Waals surface area contributed by atoms with E-state index in [0.717, 1.165) is 23.2 Å². The second-order valence-electron chi connectivity index (χ2n) is 3.81. The first-order chi connectivity index (χ1) is 8.74. The maximum absolute atomic E-state index is 11.0. The molecule has 0 saturated heterocycles. The molecule has 2 nitrogen and oxygen atoms in total. The van der Waals surface area contributed by atoms with Crippen molar-refractivity contribution in [3.8, 4) is 16.9 Å². The molecule has 18 heavy (non-hydrogen) atoms. The van der Waals surface area contributed by atoms with Crippen molar-refractivity contribution in [2.75, 3.05) is 6.61 Å². The van der Waals surface area contributed by atoms with E-state index in [1.807, 2.05) is 31.2 Å². The fraction of sp³-hybridized carbons (Fsp3) is 0.133. The molecule has 3 heteroatoms. The van der Waals surface area contributed by atoms with Crippen LogP contribution in [0.3, 0.4) is 0 Å². The zero-order valence-corrected chi connectivity index (χ0v) is 10.8. The number of hydrogen-bond acceptors (Lipinski definition) is 2. The van der Waals surface area contributed by atoms with E-state index in [2.05, 4.69) is 0 Å². The molecule has 0 saturated carbocycles. The van der Waals surface area contributed by atoms with E-state index in [-0.39, 0.29) is 0 Å². The van der Waals surface area contributed by atoms with Crippen LogP contribution in [0.1, 0.15) is 17.3 Å². The minimum atomic E-state index is 0.615. The summed E-state index contributed by atoms with van der Waals surface area (Å²) in [5, 5.41) is 0.615. The molecule has 0 aromatic heterocycles. The third kappa shape index (κ3) is 2.71. The standard InChI is InChI=1S/C15H13ClO2/c1-2-18-14-7-4-11(5-8-14)15-9-13(16)6-3-12(15)10-17/h3-10H,2H2,1H3. The molecule has 0 aliphatic heterocycles. The highest BCUT2D eigenvalue weighted by Crippen LogP contribution is 2.27. The fourth-order valence-corrected chi connectivity index (χ4v) is 1.95. The smallest absolute Gasteiger partial charge is 0.150 e. The Kier molecular flexibility index (Phi) is 4.00. The normalized spacial score (nSPS) is 10.1. The van der Waals surface area contributed by atoms with Gasteiger partial charge in [-0.05, 0) is 48.4 Å². The van der Waals surface area contributed by atoms with E-state index in [0.29, 0.717) is 17.2 Å². The molecular weight excluding hydrogens is 248 g/mol. The molecule has 92 valence electrons. The number of aldehydes is 1. The highest BCUT2D eigenvalue weighted by molar-refractivity contribution is 6.31. The van der Waals surface area contributed by atoms with Crippen molar-refractivity contribution in [3.63, 3.8) is 0 Å². The summed E-state index contributed by atoms with van der Waals surface area (Å²) < 4.78 is 5.38. The lowest BCUT2D eigenvalue weighted by Crippen LogP contribution is -1.91. The van der Waals surface area contributed by atoms with Gasteiger partial charge in [0.25, 0.3) is 0 Å². The number of rotatable bonds is 4. The van der Waals surface area contributed by atoms with Gasteiger partial charge in [0.2, 0.25) is 0 Å². The summed E-state index contributed by atoms with van der Waals surface area (Å²) >= 11 is 5.96. The van der Waals surface area contributed by atoms with Crippen LogP contribution in [-0.4, -0.2) is 12.9 Å². The first-order valence-electron chi connectivity index (χ1n) is 5.72. The molecule has 0 fully saturated rings. The highest BCUT2D eigenvalue weighted by Gasteiger charge is 2.05. The lowest BCUT2D eigenvalue weighted by molar-refractivity contribution is 0.112. The Labute approximate surface area is 111 Å². The number of carbonyl (C=O) groups is 1. The van der Waals surface area contributed by atoms with Crippen LogP contribution < -0.4 is 4.74 Å². The van der Waals surface area contributed by atoms with E-state index in [1.54, 1.807) is 18.2 Å². The summed E-state index contributed by atoms with van der Waals surface area (Å²) in [4.78, 5) is 11.0. The van der Waals surface area contributed by atoms with Gasteiger partial charge in [0.05, 0.1) is 6.61 Å². The summed E-state index contributed by atoms with van der Waals surface area (Å²) in [7, 11) is 0. The van der Waals surface area contributed by atoms with E-state index in [9.17, 15) is 4.79 Å². The molecule has 0 aliphatic carbocycles. The van der Waals surface area contributed by atoms with Crippen molar-refractivity contribution in [1.82, 2.24) is 0 Å². The number of carbonyl (C=O) groups excluding carboxylic acids is 1. The van der Waals surface area contributed by atoms with Gasteiger partial charge in [-0.3, -0.25) is 4.79 Å². The summed E-state index contributed by atoms with van der Waals surface area (Å²) in [6.07, 6.45) is 0.835. The van der Waals surface area contributed by atoms with Gasteiger partial charge in [-0.2, -0.15) is 0 Å². The molecule has 0 spiro atoms. The number of ether oxygens (including phenoxy) is 1. The Morgan fingerprint density at radius 1 is 1.17 bits per heavy atom. The molecule has 0 unspecified atom stereocenters. The molecule has 0 radical (unpaired) electrons. The minimum Gasteiger partial charge on any atom is -0.494 e. The lowest BCUT2D eigenvalue weighted by atomic mass is 10.0. The van der Waals surface area contributed by atoms with Gasteiger partial charge < -0.3 is 4.74 Å². The topological polar surface area (TPSA) is 26.3 Å². The van der Waals surface area contributed by atoms with Crippen LogP contribution in [0.25, 0.3) is 11.1 Å². The first-order valence-corrected chi connectivity index (χ1v) is 6.10. The second-order valence-corrected chi connectivity index (χ2v) is 4.24. The van der Waals surface area contributed by atoms with Gasteiger partial charge in [0, 0.05) is 10.6 Å². The molecule has 2 aromatic rings. The Morgan fingerprint density at radius 2 is 1.89 bits per heavy atom. The van der Waals surface area contributed by atoms with Crippen molar-refractivity contribution < 1.29 is 9.53 Å². The number of benzene rings is 2. The van der Waals surface area contributed by atoms with Crippen LogP contribution in [-0.2, 0) is 0 Å². The van der Waals surface area contributed by atoms with Gasteiger partial charge in [0.1, 0.15) is 5.75 Å². The van der Waals surface area contributed by atoms with Crippen molar-refractivity contribution in [3.05, 3.63) is 53.1 Å². The van der Waals surface area contributed by atoms with Crippen molar-refractivity contribution in [1.29, 1.82) is 0 Å². The molecular formula is C15H13ClO2. The molecule has 0 aliphatic rings. The Morgan fingerprint density at radius 3 is 2.50 bits per heavy atom. The van der Waals surface area contributed by atoms with Crippen LogP contribution in [0.5, 0.6) is 5.75 Å². The summed E-state index contributed by atoms with van der Waals surface area (Å²) in [5.74, 6) is 0.816. The maximum Gasteiger partial charge on any atom is 0.150 e. The van der Waals surface area contributed by atoms with Gasteiger partial charge in [-0.25, -0.2) is 0 Å². The summed E-state index contributed by atoms with van der Waals surface area (Å²) in [6, 6.07) is 12.8. The average molecular weight is 261 g/mol. The molecule has 0 atom stereocenters. The minimum absolute atomic E-state index is 0.615. The summed E-state index contributed by atoms with van der Waals surface area (Å²) in [5.41, 5.74) is 2.41. The van der Waals surface area contributed by atoms with E-state index in [1.165, 1.54) is 0 Å². The molecule has 0 heterocycles. The SMILES string of the molecule is CCOc1ccc(-c2cc(Cl)ccc2C=O)cc1. The van der Waals surface area contributed by atoms with Gasteiger partial charge in [-0.1, -0.05) is 23.7 Å². The monoisotopic (exact) mass is 260 g/mol. The number of hydrogen-bond donors (Lipinski definition) is 0. The predicted molar refractivity (Wildman–Crippen MR) is 73.4 cm³/mol. The molecule has 2 aromatic carbocycles. The van der Waals surface area contributed by atoms with Crippen molar-refractivity contribution in [2.24, 2.45) is 0 Å². The number of halogens is 1. The van der Waals surface area contributed by atoms with Crippen LogP contribution in [0.4, 0.5) is 0 Å². The molecule has 2 rings (SSSR count). The predicted octanol–water partition coefficient (Wildman–Crippen LogP) is 4.22. The second kappa shape index (κ2) is 5.69. The van der Waals surface area contributed by atoms with Crippen molar-refractivity contribution in [2.45, 2.75) is 6.92 Å². The largest absolute Gasteiger partial charge is 0.494 e. The summed E-state index contributed by atoms with van der Waals surface area (Å²) in [6.45, 7) is 2.57. The Bertz CT molecular complexity index is 547. The van der Waals surface area contributed by atoms with Crippen LogP contribution in [0, 0.1) is 0 Å². The Hall–Kier alpha value is -1.80. The third-order valence-corrected chi connectivity index (χ3v) is 2.85. The fourth-order valence-electron chi connectivity index (χ4n) is 1.78. The van der Waals surface area contributed by atoms with E-state index >= 15 is 0 Å². The molecule has 0 bridgehead atoms. The van der Waals surface area contributed by atoms with Gasteiger partial charge in [-0.15, -0.1) is 0 Å². The van der Waals surface area contributed by atoms with Gasteiger partial charge in [0.15, 0.2) is 6.29 Å². The average Bonchev–Trinajstić information content (AvgIpc) is 2.40. The van der Waals surface area contributed by atoms with Gasteiger partial charge >= 0.3 is 0 Å². The third-order valence-electron chi connectivity index (χ3n) is 2.62. The zero-order chi connectivity index (χ0) is 13.0. The Balaban J connectivity index is 2.41. The first kappa shape index (κ1) is 12.7. The lowest BCUT2D eigenvalue weighted by Gasteiger charge is -2.07. The van der Waals surface area contributed by atoms with Crippen LogP contribution >= 0.6 is 11.6 Å². The van der Waals surface area contributed by atoms with Crippen LogP contribution in [0.15, 0.2) is 42.5 Å². The zero-order valence-electron chi connectivity index (χ0n) is 10.0. The van der Waals surface area contributed by atoms with E-state index < -0.39 is 0 Å². The molecule has 0 N–H and O–H groups in total. The quantitative estimate of drug-likeness (QED) is 0.770. The van der Waals surface area contributed by atoms with Crippen molar-refractivity contribution >= 4 is 17.9 Å². The van der Waals surface area contributed by atoms with E-state index in [4.69, 9.17) is 16.3 Å².